The number of nitriles is 1. The van der Waals surface area contributed by atoms with Crippen LogP contribution in [0.2, 0.25) is 5.02 Å². The highest BCUT2D eigenvalue weighted by atomic mass is 35.5. The largest absolute Gasteiger partial charge is 0.329 e. The average Bonchev–Trinajstić information content (AvgIpc) is 3.22. The van der Waals surface area contributed by atoms with Crippen LogP contribution in [0.15, 0.2) is 29.9 Å². The van der Waals surface area contributed by atoms with Crippen molar-refractivity contribution in [3.05, 3.63) is 57.7 Å². The molecule has 2 aromatic rings. The molecule has 1 aromatic heterocycles. The van der Waals surface area contributed by atoms with E-state index in [1.165, 1.54) is 22.3 Å². The van der Waals surface area contributed by atoms with E-state index in [-0.39, 0.29) is 17.9 Å². The van der Waals surface area contributed by atoms with Crippen LogP contribution in [0.4, 0.5) is 5.82 Å². The third kappa shape index (κ3) is 4.17. The minimum absolute atomic E-state index is 0.000576. The molecule has 0 radical (unpaired) electrons. The summed E-state index contributed by atoms with van der Waals surface area (Å²) in [5, 5.41) is 14.4. The van der Waals surface area contributed by atoms with Crippen molar-refractivity contribution in [2.75, 3.05) is 6.54 Å². The molecule has 1 aliphatic heterocycles. The van der Waals surface area contributed by atoms with Gasteiger partial charge in [0.1, 0.15) is 5.82 Å². The van der Waals surface area contributed by atoms with Crippen LogP contribution in [0.3, 0.4) is 0 Å². The first kappa shape index (κ1) is 22.8. The van der Waals surface area contributed by atoms with Gasteiger partial charge in [0.05, 0.1) is 12.0 Å². The number of hydrogen-bond donors (Lipinski definition) is 1. The minimum Gasteiger partial charge on any atom is -0.329 e. The number of rotatable bonds is 5. The summed E-state index contributed by atoms with van der Waals surface area (Å²) in [5.41, 5.74) is 7.32. The predicted molar refractivity (Wildman–Crippen MR) is 134 cm³/mol. The number of fused-ring (bicyclic) bond motifs is 1. The number of benzene rings is 1. The fourth-order valence-electron chi connectivity index (χ4n) is 5.74. The number of aliphatic imine (C=N–C) groups is 1. The number of nitrogens with one attached hydrogen (secondary N) is 1. The first-order chi connectivity index (χ1) is 15.3. The second kappa shape index (κ2) is 9.25. The van der Waals surface area contributed by atoms with E-state index in [4.69, 9.17) is 16.6 Å². The molecule has 4 nitrogen and oxygen atoms in total. The quantitative estimate of drug-likeness (QED) is 0.535. The van der Waals surface area contributed by atoms with Gasteiger partial charge in [-0.25, -0.2) is 4.99 Å². The number of aryl methyl sites for hydroxylation is 1. The molecule has 4 unspecified atom stereocenters. The number of hydrogen-bond acceptors (Lipinski definition) is 3. The molecule has 0 spiro atoms. The number of nitrogens with zero attached hydrogens (tertiary/aromatic N) is 3. The van der Waals surface area contributed by atoms with Gasteiger partial charge >= 0.3 is 0 Å². The van der Waals surface area contributed by atoms with Crippen LogP contribution in [0, 0.1) is 36.0 Å². The zero-order chi connectivity index (χ0) is 23.0. The van der Waals surface area contributed by atoms with Crippen LogP contribution in [-0.4, -0.2) is 16.8 Å². The third-order valence-electron chi connectivity index (χ3n) is 7.26. The van der Waals surface area contributed by atoms with Crippen LogP contribution < -0.4 is 5.32 Å². The molecule has 2 aliphatic rings. The summed E-state index contributed by atoms with van der Waals surface area (Å²) in [4.78, 5) is 4.86. The highest BCUT2D eigenvalue weighted by molar-refractivity contribution is 6.30. The summed E-state index contributed by atoms with van der Waals surface area (Å²) in [6.07, 6.45) is 6.96. The van der Waals surface area contributed by atoms with Crippen molar-refractivity contribution in [3.8, 4) is 6.07 Å². The number of aromatic nitrogens is 1. The van der Waals surface area contributed by atoms with Gasteiger partial charge in [0.15, 0.2) is 0 Å². The van der Waals surface area contributed by atoms with Crippen LogP contribution in [0.25, 0.3) is 6.08 Å². The van der Waals surface area contributed by atoms with Gasteiger partial charge in [0.25, 0.3) is 0 Å². The normalized spacial score (nSPS) is 24.6. The Balaban J connectivity index is 1.69. The van der Waals surface area contributed by atoms with Gasteiger partial charge in [0, 0.05) is 35.1 Å². The molecule has 1 N–H and O–H groups in total. The summed E-state index contributed by atoms with van der Waals surface area (Å²) in [5.74, 6) is 1.50. The van der Waals surface area contributed by atoms with Crippen molar-refractivity contribution in [2.45, 2.75) is 59.5 Å². The SMILES string of the molecule is C=Cc1c(C)cn(C2CC(Cc3cc(Cl)cc4c3CNCC4)C(C#N)C2C)c1N=C(C)C. The standard InChI is InChI=1S/C27H33ClN4/c1-6-23-17(4)15-32(27(23)31-16(2)3)26-12-21(24(13-29)18(26)5)9-20-11-22(28)10-19-7-8-30-14-25(19)20/h6,10-11,15,18,21,24,26,30H,1,7-9,12,14H2,2-5H3. The van der Waals surface area contributed by atoms with Gasteiger partial charge in [-0.1, -0.05) is 31.2 Å². The lowest BCUT2D eigenvalue weighted by Gasteiger charge is -2.23. The molecule has 4 atom stereocenters. The van der Waals surface area contributed by atoms with E-state index < -0.39 is 0 Å². The van der Waals surface area contributed by atoms with Gasteiger partial charge < -0.3 is 9.88 Å². The predicted octanol–water partition coefficient (Wildman–Crippen LogP) is 6.43. The van der Waals surface area contributed by atoms with Crippen LogP contribution in [-0.2, 0) is 19.4 Å². The molecular weight excluding hydrogens is 416 g/mol. The summed E-state index contributed by atoms with van der Waals surface area (Å²) in [6, 6.07) is 7.12. The Morgan fingerprint density at radius 3 is 2.88 bits per heavy atom. The zero-order valence-corrected chi connectivity index (χ0v) is 20.3. The first-order valence-electron chi connectivity index (χ1n) is 11.6. The smallest absolute Gasteiger partial charge is 0.140 e. The Kier molecular flexibility index (Phi) is 6.60. The molecule has 1 aliphatic carbocycles. The molecule has 168 valence electrons. The Bertz CT molecular complexity index is 1100. The molecular formula is C27H33ClN4. The summed E-state index contributed by atoms with van der Waals surface area (Å²) in [7, 11) is 0. The molecule has 1 aromatic carbocycles. The minimum atomic E-state index is 0.000576. The molecule has 0 saturated heterocycles. The lowest BCUT2D eigenvalue weighted by Crippen LogP contribution is -2.25. The van der Waals surface area contributed by atoms with Crippen molar-refractivity contribution in [1.82, 2.24) is 9.88 Å². The van der Waals surface area contributed by atoms with E-state index in [2.05, 4.69) is 54.7 Å². The highest BCUT2D eigenvalue weighted by Crippen LogP contribution is 2.48. The van der Waals surface area contributed by atoms with E-state index >= 15 is 0 Å². The molecule has 0 amide bonds. The summed E-state index contributed by atoms with van der Waals surface area (Å²) in [6.45, 7) is 14.3. The highest BCUT2D eigenvalue weighted by Gasteiger charge is 2.42. The molecule has 0 bridgehead atoms. The summed E-state index contributed by atoms with van der Waals surface area (Å²) >= 11 is 6.48. The zero-order valence-electron chi connectivity index (χ0n) is 19.6. The number of halogens is 1. The van der Waals surface area contributed by atoms with E-state index in [1.807, 2.05) is 19.9 Å². The second-order valence-electron chi connectivity index (χ2n) is 9.63. The van der Waals surface area contributed by atoms with Gasteiger partial charge in [-0.2, -0.15) is 5.26 Å². The molecule has 5 heteroatoms. The second-order valence-corrected chi connectivity index (χ2v) is 10.1. The van der Waals surface area contributed by atoms with Crippen molar-refractivity contribution in [1.29, 1.82) is 5.26 Å². The van der Waals surface area contributed by atoms with Gasteiger partial charge in [-0.05, 0) is 92.8 Å². The fraction of sp³-hybridized carbons (Fsp3) is 0.481. The van der Waals surface area contributed by atoms with E-state index in [0.29, 0.717) is 5.92 Å². The van der Waals surface area contributed by atoms with Crippen molar-refractivity contribution in [2.24, 2.45) is 22.7 Å². The Hall–Kier alpha value is -2.35. The van der Waals surface area contributed by atoms with Gasteiger partial charge in [-0.3, -0.25) is 0 Å². The Morgan fingerprint density at radius 1 is 1.41 bits per heavy atom. The lowest BCUT2D eigenvalue weighted by atomic mass is 9.84. The maximum absolute atomic E-state index is 10.1. The summed E-state index contributed by atoms with van der Waals surface area (Å²) < 4.78 is 2.31. The van der Waals surface area contributed by atoms with E-state index in [1.54, 1.807) is 0 Å². The van der Waals surface area contributed by atoms with Crippen LogP contribution >= 0.6 is 11.6 Å². The van der Waals surface area contributed by atoms with E-state index in [0.717, 1.165) is 54.5 Å². The first-order valence-corrected chi connectivity index (χ1v) is 12.0. The van der Waals surface area contributed by atoms with Crippen LogP contribution in [0.1, 0.15) is 61.1 Å². The maximum Gasteiger partial charge on any atom is 0.140 e. The van der Waals surface area contributed by atoms with Crippen molar-refractivity contribution >= 4 is 29.2 Å². The lowest BCUT2D eigenvalue weighted by molar-refractivity contribution is 0.368. The molecule has 4 rings (SSSR count). The average molecular weight is 449 g/mol. The topological polar surface area (TPSA) is 53.1 Å². The third-order valence-corrected chi connectivity index (χ3v) is 7.48. The molecule has 1 saturated carbocycles. The molecule has 32 heavy (non-hydrogen) atoms. The van der Waals surface area contributed by atoms with Crippen LogP contribution in [0.5, 0.6) is 0 Å². The fourth-order valence-corrected chi connectivity index (χ4v) is 6.00. The van der Waals surface area contributed by atoms with Gasteiger partial charge in [-0.15, -0.1) is 0 Å². The monoisotopic (exact) mass is 448 g/mol. The Labute approximate surface area is 197 Å². The molecule has 1 fully saturated rings. The van der Waals surface area contributed by atoms with Crippen molar-refractivity contribution in [3.63, 3.8) is 0 Å². The van der Waals surface area contributed by atoms with Crippen molar-refractivity contribution < 1.29 is 0 Å². The Morgan fingerprint density at radius 2 is 2.19 bits per heavy atom. The van der Waals surface area contributed by atoms with E-state index in [9.17, 15) is 5.26 Å². The van der Waals surface area contributed by atoms with Gasteiger partial charge in [0.2, 0.25) is 0 Å². The molecule has 2 heterocycles. The maximum atomic E-state index is 10.1.